The smallest absolute Gasteiger partial charge is 0.217 e. The SMILES string of the molecule is CC(=O)N[C@H]1[C@@H](O[C@H](C)[C@H](N)C(C)=O)O[C@H](CO)[C@H](O)[C@@H]1O. The summed E-state index contributed by atoms with van der Waals surface area (Å²) in [5.74, 6) is -0.752. The van der Waals surface area contributed by atoms with E-state index in [4.69, 9.17) is 15.2 Å². The van der Waals surface area contributed by atoms with Crippen LogP contribution in [0.2, 0.25) is 0 Å². The van der Waals surface area contributed by atoms with Crippen LogP contribution in [0.15, 0.2) is 0 Å². The van der Waals surface area contributed by atoms with Crippen molar-refractivity contribution in [3.05, 3.63) is 0 Å². The van der Waals surface area contributed by atoms with Gasteiger partial charge in [-0.15, -0.1) is 0 Å². The lowest BCUT2D eigenvalue weighted by Crippen LogP contribution is -2.65. The lowest BCUT2D eigenvalue weighted by molar-refractivity contribution is -0.281. The number of nitrogens with two attached hydrogens (primary N) is 1. The zero-order valence-electron chi connectivity index (χ0n) is 12.8. The van der Waals surface area contributed by atoms with Gasteiger partial charge in [-0.2, -0.15) is 0 Å². The highest BCUT2D eigenvalue weighted by Crippen LogP contribution is 2.23. The standard InChI is InChI=1S/C13H24N2O7/c1-5(17)9(14)6(2)21-13-10(15-7(3)18)12(20)11(19)8(4-16)22-13/h6,8-13,16,19-20H,4,14H2,1-3H3,(H,15,18)/t6-,8-,9-,10-,11+,12-,13+/m1/s1. The monoisotopic (exact) mass is 320 g/mol. The highest BCUT2D eigenvalue weighted by molar-refractivity contribution is 5.81. The number of nitrogens with one attached hydrogen (secondary N) is 1. The Morgan fingerprint density at radius 1 is 1.32 bits per heavy atom. The van der Waals surface area contributed by atoms with Gasteiger partial charge >= 0.3 is 0 Å². The van der Waals surface area contributed by atoms with Crippen molar-refractivity contribution < 1.29 is 34.4 Å². The Bertz CT molecular complexity index is 406. The summed E-state index contributed by atoms with van der Waals surface area (Å²) in [6.45, 7) is 3.55. The highest BCUT2D eigenvalue weighted by Gasteiger charge is 2.46. The van der Waals surface area contributed by atoms with Gasteiger partial charge in [0.15, 0.2) is 6.29 Å². The molecular formula is C13H24N2O7. The fourth-order valence-corrected chi connectivity index (χ4v) is 2.21. The fourth-order valence-electron chi connectivity index (χ4n) is 2.21. The molecule has 1 amide bonds. The van der Waals surface area contributed by atoms with Crippen molar-refractivity contribution >= 4 is 11.7 Å². The van der Waals surface area contributed by atoms with Gasteiger partial charge in [-0.25, -0.2) is 0 Å². The Kier molecular flexibility index (Phi) is 6.85. The maximum atomic E-state index is 11.3. The van der Waals surface area contributed by atoms with Crippen LogP contribution >= 0.6 is 0 Å². The molecule has 7 atom stereocenters. The number of aliphatic hydroxyl groups is 3. The third-order valence-corrected chi connectivity index (χ3v) is 3.57. The average molecular weight is 320 g/mol. The first-order valence-electron chi connectivity index (χ1n) is 7.00. The largest absolute Gasteiger partial charge is 0.394 e. The van der Waals surface area contributed by atoms with Gasteiger partial charge in [0, 0.05) is 6.92 Å². The minimum absolute atomic E-state index is 0.293. The second-order valence-corrected chi connectivity index (χ2v) is 5.41. The summed E-state index contributed by atoms with van der Waals surface area (Å²) in [5, 5.41) is 31.5. The Balaban J connectivity index is 2.89. The van der Waals surface area contributed by atoms with E-state index < -0.39 is 55.3 Å². The maximum absolute atomic E-state index is 11.3. The Hall–Kier alpha value is -1.10. The fraction of sp³-hybridized carbons (Fsp3) is 0.846. The van der Waals surface area contributed by atoms with E-state index in [9.17, 15) is 24.9 Å². The van der Waals surface area contributed by atoms with Crippen molar-refractivity contribution in [2.75, 3.05) is 6.61 Å². The van der Waals surface area contributed by atoms with Gasteiger partial charge < -0.3 is 35.8 Å². The Morgan fingerprint density at radius 2 is 1.91 bits per heavy atom. The lowest BCUT2D eigenvalue weighted by Gasteiger charge is -2.43. The number of Topliss-reactive ketones (excluding diaryl/α,β-unsaturated/α-hetero) is 1. The molecule has 1 rings (SSSR count). The second-order valence-electron chi connectivity index (χ2n) is 5.41. The lowest BCUT2D eigenvalue weighted by atomic mass is 9.96. The molecule has 0 aliphatic carbocycles. The van der Waals surface area contributed by atoms with E-state index in [1.807, 2.05) is 0 Å². The summed E-state index contributed by atoms with van der Waals surface area (Å²) in [6.07, 6.45) is -5.79. The molecule has 1 aliphatic rings. The van der Waals surface area contributed by atoms with Crippen LogP contribution in [-0.2, 0) is 19.1 Å². The van der Waals surface area contributed by atoms with E-state index in [1.165, 1.54) is 13.8 Å². The molecule has 1 saturated heterocycles. The number of ether oxygens (including phenoxy) is 2. The van der Waals surface area contributed by atoms with E-state index in [-0.39, 0.29) is 5.78 Å². The van der Waals surface area contributed by atoms with Gasteiger partial charge in [0.2, 0.25) is 5.91 Å². The molecule has 0 saturated carbocycles. The van der Waals surface area contributed by atoms with Crippen molar-refractivity contribution in [1.82, 2.24) is 5.32 Å². The van der Waals surface area contributed by atoms with Gasteiger partial charge in [0.25, 0.3) is 0 Å². The normalized spacial score (nSPS) is 34.8. The van der Waals surface area contributed by atoms with Gasteiger partial charge in [0.05, 0.1) is 18.8 Å². The molecule has 0 aromatic heterocycles. The second kappa shape index (κ2) is 7.95. The number of carbonyl (C=O) groups is 2. The zero-order chi connectivity index (χ0) is 17.0. The Labute approximate surface area is 128 Å². The van der Waals surface area contributed by atoms with Gasteiger partial charge in [-0.3, -0.25) is 9.59 Å². The maximum Gasteiger partial charge on any atom is 0.217 e. The predicted molar refractivity (Wildman–Crippen MR) is 74.6 cm³/mol. The van der Waals surface area contributed by atoms with Crippen molar-refractivity contribution in [3.8, 4) is 0 Å². The molecule has 9 nitrogen and oxygen atoms in total. The van der Waals surface area contributed by atoms with Crippen molar-refractivity contribution in [1.29, 1.82) is 0 Å². The number of carbonyl (C=O) groups excluding carboxylic acids is 2. The van der Waals surface area contributed by atoms with Crippen LogP contribution in [0.1, 0.15) is 20.8 Å². The molecule has 6 N–H and O–H groups in total. The molecule has 22 heavy (non-hydrogen) atoms. The van der Waals surface area contributed by atoms with E-state index in [2.05, 4.69) is 5.32 Å². The summed E-state index contributed by atoms with van der Waals surface area (Å²) in [4.78, 5) is 22.5. The van der Waals surface area contributed by atoms with Gasteiger partial charge in [0.1, 0.15) is 30.1 Å². The summed E-state index contributed by atoms with van der Waals surface area (Å²) >= 11 is 0. The van der Waals surface area contributed by atoms with Gasteiger partial charge in [-0.05, 0) is 13.8 Å². The summed E-state index contributed by atoms with van der Waals surface area (Å²) < 4.78 is 10.9. The number of hydrogen-bond acceptors (Lipinski definition) is 8. The van der Waals surface area contributed by atoms with Crippen LogP contribution in [0.4, 0.5) is 0 Å². The topological polar surface area (TPSA) is 151 Å². The van der Waals surface area contributed by atoms with Crippen LogP contribution in [0, 0.1) is 0 Å². The van der Waals surface area contributed by atoms with E-state index in [0.717, 1.165) is 0 Å². The highest BCUT2D eigenvalue weighted by atomic mass is 16.7. The zero-order valence-corrected chi connectivity index (χ0v) is 12.8. The van der Waals surface area contributed by atoms with Crippen LogP contribution in [0.3, 0.4) is 0 Å². The number of aliphatic hydroxyl groups excluding tert-OH is 3. The molecule has 0 aromatic rings. The van der Waals surface area contributed by atoms with Crippen LogP contribution < -0.4 is 11.1 Å². The van der Waals surface area contributed by atoms with Crippen LogP contribution in [-0.4, -0.2) is 76.4 Å². The predicted octanol–water partition coefficient (Wildman–Crippen LogP) is -2.75. The number of hydrogen-bond donors (Lipinski definition) is 5. The molecule has 1 heterocycles. The first-order valence-corrected chi connectivity index (χ1v) is 7.00. The first kappa shape index (κ1) is 18.9. The van der Waals surface area contributed by atoms with E-state index >= 15 is 0 Å². The molecule has 1 aliphatic heterocycles. The van der Waals surface area contributed by atoms with E-state index in [0.29, 0.717) is 0 Å². The number of amides is 1. The van der Waals surface area contributed by atoms with E-state index in [1.54, 1.807) is 6.92 Å². The van der Waals surface area contributed by atoms with Crippen LogP contribution in [0.5, 0.6) is 0 Å². The third-order valence-electron chi connectivity index (χ3n) is 3.57. The average Bonchev–Trinajstić information content (AvgIpc) is 2.45. The quantitative estimate of drug-likeness (QED) is 0.353. The molecule has 0 spiro atoms. The molecule has 0 bridgehead atoms. The van der Waals surface area contributed by atoms with Crippen LogP contribution in [0.25, 0.3) is 0 Å². The first-order chi connectivity index (χ1) is 10.2. The van der Waals surface area contributed by atoms with Crippen molar-refractivity contribution in [2.45, 2.75) is 63.6 Å². The Morgan fingerprint density at radius 3 is 2.36 bits per heavy atom. The molecule has 128 valence electrons. The van der Waals surface area contributed by atoms with Crippen molar-refractivity contribution in [3.63, 3.8) is 0 Å². The number of rotatable bonds is 6. The minimum Gasteiger partial charge on any atom is -0.394 e. The summed E-state index contributed by atoms with van der Waals surface area (Å²) in [7, 11) is 0. The third kappa shape index (κ3) is 4.45. The minimum atomic E-state index is -1.40. The van der Waals surface area contributed by atoms with Gasteiger partial charge in [-0.1, -0.05) is 0 Å². The molecule has 0 aromatic carbocycles. The number of ketones is 1. The summed E-state index contributed by atoms with van der Waals surface area (Å²) in [5.41, 5.74) is 5.67. The molecule has 1 fully saturated rings. The molecule has 9 heteroatoms. The summed E-state index contributed by atoms with van der Waals surface area (Å²) in [6, 6.07) is -1.96. The van der Waals surface area contributed by atoms with Crippen molar-refractivity contribution in [2.24, 2.45) is 5.73 Å². The molecular weight excluding hydrogens is 296 g/mol. The molecule has 0 radical (unpaired) electrons. The molecule has 0 unspecified atom stereocenters.